The first-order chi connectivity index (χ1) is 16.5. The molecule has 1 aliphatic heterocycles. The number of rotatable bonds is 7. The van der Waals surface area contributed by atoms with Crippen LogP contribution in [0.3, 0.4) is 0 Å². The fourth-order valence-electron chi connectivity index (χ4n) is 3.80. The van der Waals surface area contributed by atoms with Crippen LogP contribution in [0, 0.1) is 19.7 Å². The van der Waals surface area contributed by atoms with Crippen LogP contribution < -0.4 is 15.9 Å². The highest BCUT2D eigenvalue weighted by Crippen LogP contribution is 2.36. The Morgan fingerprint density at radius 1 is 1.26 bits per heavy atom. The number of nitrogens with zero attached hydrogens (tertiary/aromatic N) is 2. The van der Waals surface area contributed by atoms with Gasteiger partial charge >= 0.3 is 5.76 Å². The van der Waals surface area contributed by atoms with E-state index in [1.54, 1.807) is 26.8 Å². The van der Waals surface area contributed by atoms with Gasteiger partial charge in [-0.2, -0.15) is 4.72 Å². The maximum Gasteiger partial charge on any atom is 0.434 e. The van der Waals surface area contributed by atoms with Crippen molar-refractivity contribution in [1.82, 2.24) is 20.3 Å². The maximum absolute atomic E-state index is 14.9. The lowest BCUT2D eigenvalue weighted by Crippen LogP contribution is -2.34. The lowest BCUT2D eigenvalue weighted by atomic mass is 9.88. The van der Waals surface area contributed by atoms with Crippen molar-refractivity contribution in [2.24, 2.45) is 5.10 Å². The molecule has 11 nitrogen and oxygen atoms in total. The summed E-state index contributed by atoms with van der Waals surface area (Å²) >= 11 is 6.05. The minimum Gasteiger partial charge on any atom is -0.426 e. The van der Waals surface area contributed by atoms with E-state index >= 15 is 0 Å². The smallest absolute Gasteiger partial charge is 0.426 e. The Bertz CT molecular complexity index is 1470. The van der Waals surface area contributed by atoms with Gasteiger partial charge in [-0.3, -0.25) is 0 Å². The van der Waals surface area contributed by atoms with Crippen molar-refractivity contribution in [3.63, 3.8) is 0 Å². The van der Waals surface area contributed by atoms with Gasteiger partial charge in [0.2, 0.25) is 21.8 Å². The molecule has 1 aliphatic rings. The zero-order valence-corrected chi connectivity index (χ0v) is 20.2. The molecular formula is C21H21ClFN5O6S. The van der Waals surface area contributed by atoms with Crippen molar-refractivity contribution >= 4 is 27.5 Å². The van der Waals surface area contributed by atoms with Gasteiger partial charge < -0.3 is 14.3 Å². The van der Waals surface area contributed by atoms with Crippen LogP contribution in [-0.4, -0.2) is 36.0 Å². The van der Waals surface area contributed by atoms with Crippen LogP contribution in [0.4, 0.5) is 4.39 Å². The van der Waals surface area contributed by atoms with E-state index in [-0.39, 0.29) is 32.8 Å². The number of hydrogen-bond acceptors (Lipinski definition) is 9. The van der Waals surface area contributed by atoms with Crippen LogP contribution in [0.2, 0.25) is 5.02 Å². The molecule has 4 N–H and O–H groups in total. The Morgan fingerprint density at radius 2 is 2.00 bits per heavy atom. The predicted octanol–water partition coefficient (Wildman–Crippen LogP) is 2.15. The Balaban J connectivity index is 1.80. The van der Waals surface area contributed by atoms with Gasteiger partial charge in [0.25, 0.3) is 6.41 Å². The molecule has 0 amide bonds. The van der Waals surface area contributed by atoms with Crippen LogP contribution in [0.1, 0.15) is 47.0 Å². The second-order valence-corrected chi connectivity index (χ2v) is 10.0. The molecule has 0 bridgehead atoms. The number of H-pyrrole nitrogens is 1. The van der Waals surface area contributed by atoms with Gasteiger partial charge in [-0.05, 0) is 54.8 Å². The van der Waals surface area contributed by atoms with Crippen LogP contribution in [0.5, 0.6) is 0 Å². The van der Waals surface area contributed by atoms with Crippen LogP contribution in [0.15, 0.2) is 49.5 Å². The van der Waals surface area contributed by atoms with Crippen molar-refractivity contribution in [3.05, 3.63) is 79.9 Å². The maximum atomic E-state index is 14.9. The van der Waals surface area contributed by atoms with E-state index in [4.69, 9.17) is 20.8 Å². The van der Waals surface area contributed by atoms with Gasteiger partial charge in [-0.15, -0.1) is 10.2 Å². The first-order valence-electron chi connectivity index (χ1n) is 10.3. The van der Waals surface area contributed by atoms with E-state index in [0.29, 0.717) is 5.56 Å². The van der Waals surface area contributed by atoms with Gasteiger partial charge in [0.15, 0.2) is 0 Å². The number of hydrazone groups is 1. The topological polar surface area (TPSA) is 159 Å². The van der Waals surface area contributed by atoms with Gasteiger partial charge in [0, 0.05) is 10.9 Å². The molecule has 3 aromatic rings. The average Bonchev–Trinajstić information content (AvgIpc) is 3.42. The summed E-state index contributed by atoms with van der Waals surface area (Å²) in [6.45, 7) is 5.09. The van der Waals surface area contributed by atoms with Crippen molar-refractivity contribution in [2.75, 3.05) is 0 Å². The first kappa shape index (κ1) is 24.9. The lowest BCUT2D eigenvalue weighted by molar-refractivity contribution is -0.0331. The Morgan fingerprint density at radius 3 is 2.63 bits per heavy atom. The summed E-state index contributed by atoms with van der Waals surface area (Å²) in [6.07, 6.45) is -1.47. The number of aromatic amines is 1. The first-order valence-corrected chi connectivity index (χ1v) is 12.1. The van der Waals surface area contributed by atoms with Gasteiger partial charge in [0.1, 0.15) is 11.9 Å². The number of halogens is 2. The molecule has 0 saturated heterocycles. The number of aliphatic hydroxyl groups is 1. The van der Waals surface area contributed by atoms with Crippen molar-refractivity contribution in [1.29, 1.82) is 0 Å². The second-order valence-electron chi connectivity index (χ2n) is 7.90. The molecule has 0 fully saturated rings. The number of sulfonamides is 1. The highest BCUT2D eigenvalue weighted by atomic mass is 35.5. The van der Waals surface area contributed by atoms with E-state index in [2.05, 4.69) is 25.4 Å². The van der Waals surface area contributed by atoms with Gasteiger partial charge in [-0.1, -0.05) is 24.6 Å². The summed E-state index contributed by atoms with van der Waals surface area (Å²) in [5.41, 5.74) is 3.85. The zero-order chi connectivity index (χ0) is 25.5. The number of aryl methyl sites for hydroxylation is 1. The van der Waals surface area contributed by atoms with E-state index in [1.165, 1.54) is 24.3 Å². The molecule has 2 heterocycles. The summed E-state index contributed by atoms with van der Waals surface area (Å²) < 4.78 is 54.7. The summed E-state index contributed by atoms with van der Waals surface area (Å²) in [7, 11) is -4.41. The average molecular weight is 526 g/mol. The van der Waals surface area contributed by atoms with E-state index in [1.807, 2.05) is 0 Å². The Kier molecular flexibility index (Phi) is 6.68. The molecule has 3 atom stereocenters. The summed E-state index contributed by atoms with van der Waals surface area (Å²) in [5.74, 6) is -2.80. The number of benzene rings is 2. The fourth-order valence-corrected chi connectivity index (χ4v) is 5.42. The standard InChI is InChI=1S/C21H21ClFN5O6S/c1-9-4-6-14(23)16(10(9)2)11(3)17(19-25-27-21(30)34-19)28-35(31,32)15-7-5-12(22)8-13(15)18-24-26-20(29)33-18/h4-8,11,17,20,26,28-29H,1-3H3,(H,27,30)/t11-,17+,20?/m1/s1. The second kappa shape index (κ2) is 9.41. The molecule has 0 aliphatic carbocycles. The molecule has 186 valence electrons. The molecule has 0 saturated carbocycles. The number of aromatic nitrogens is 2. The fraction of sp³-hybridized carbons (Fsp3) is 0.286. The monoisotopic (exact) mass is 525 g/mol. The molecule has 4 rings (SSSR count). The van der Waals surface area contributed by atoms with Crippen LogP contribution in [-0.2, 0) is 14.8 Å². The summed E-state index contributed by atoms with van der Waals surface area (Å²) in [5, 5.41) is 19.4. The van der Waals surface area contributed by atoms with Gasteiger partial charge in [-0.25, -0.2) is 28.1 Å². The van der Waals surface area contributed by atoms with E-state index < -0.39 is 40.0 Å². The molecule has 1 unspecified atom stereocenters. The van der Waals surface area contributed by atoms with Crippen molar-refractivity contribution in [3.8, 4) is 0 Å². The third kappa shape index (κ3) is 4.93. The van der Waals surface area contributed by atoms with E-state index in [0.717, 1.165) is 5.56 Å². The molecule has 35 heavy (non-hydrogen) atoms. The van der Waals surface area contributed by atoms with Crippen molar-refractivity contribution in [2.45, 2.75) is 44.0 Å². The van der Waals surface area contributed by atoms with Gasteiger partial charge in [0.05, 0.1) is 10.5 Å². The molecule has 14 heteroatoms. The molecule has 0 spiro atoms. The summed E-state index contributed by atoms with van der Waals surface area (Å²) in [6, 6.07) is 5.47. The van der Waals surface area contributed by atoms with E-state index in [9.17, 15) is 22.7 Å². The lowest BCUT2D eigenvalue weighted by Gasteiger charge is -2.25. The minimum atomic E-state index is -4.41. The Labute approximate surface area is 204 Å². The molecule has 1 aromatic heterocycles. The van der Waals surface area contributed by atoms with Crippen molar-refractivity contribution < 1.29 is 27.1 Å². The number of aliphatic hydroxyl groups excluding tert-OH is 1. The third-order valence-corrected chi connectivity index (χ3v) is 7.39. The quantitative estimate of drug-likeness (QED) is 0.365. The highest BCUT2D eigenvalue weighted by Gasteiger charge is 2.35. The van der Waals surface area contributed by atoms with Crippen LogP contribution in [0.25, 0.3) is 0 Å². The number of ether oxygens (including phenoxy) is 1. The largest absolute Gasteiger partial charge is 0.434 e. The SMILES string of the molecule is Cc1ccc(F)c([C@@H](C)[C@H](NS(=O)(=O)c2ccc(Cl)cc2C2=NNC(O)O2)c2n[nH]c(=O)o2)c1C. The molecule has 2 aromatic carbocycles. The zero-order valence-electron chi connectivity index (χ0n) is 18.7. The summed E-state index contributed by atoms with van der Waals surface area (Å²) in [4.78, 5) is 11.4. The third-order valence-electron chi connectivity index (χ3n) is 5.65. The normalized spacial score (nSPS) is 17.4. The van der Waals surface area contributed by atoms with Crippen LogP contribution >= 0.6 is 11.6 Å². The number of hydrogen-bond donors (Lipinski definition) is 4. The minimum absolute atomic E-state index is 0.0400. The number of nitrogens with one attached hydrogen (secondary N) is 3. The highest BCUT2D eigenvalue weighted by molar-refractivity contribution is 7.89. The predicted molar refractivity (Wildman–Crippen MR) is 123 cm³/mol. The Hall–Kier alpha value is -3.26. The molecule has 0 radical (unpaired) electrons. The molecular weight excluding hydrogens is 505 g/mol.